The maximum absolute atomic E-state index is 9.42. The molecule has 0 aromatic rings. The van der Waals surface area contributed by atoms with Gasteiger partial charge in [0.15, 0.2) is 0 Å². The predicted octanol–water partition coefficient (Wildman–Crippen LogP) is 2.27. The topological polar surface area (TPSA) is 44.7 Å². The van der Waals surface area contributed by atoms with E-state index in [1.807, 2.05) is 0 Å². The largest absolute Gasteiger partial charge is 0.395 e. The van der Waals surface area contributed by atoms with Gasteiger partial charge in [0.05, 0.1) is 13.2 Å². The Morgan fingerprint density at radius 3 is 2.57 bits per heavy atom. The molecule has 0 spiro atoms. The summed E-state index contributed by atoms with van der Waals surface area (Å²) < 4.78 is 5.81. The third kappa shape index (κ3) is 6.23. The van der Waals surface area contributed by atoms with Gasteiger partial charge in [-0.3, -0.25) is 4.90 Å². The normalized spacial score (nSPS) is 23.1. The van der Waals surface area contributed by atoms with Crippen LogP contribution in [0.1, 0.15) is 52.9 Å². The van der Waals surface area contributed by atoms with Crippen LogP contribution in [0.5, 0.6) is 0 Å². The molecule has 2 N–H and O–H groups in total. The lowest BCUT2D eigenvalue weighted by atomic mass is 9.81. The van der Waals surface area contributed by atoms with Gasteiger partial charge >= 0.3 is 0 Å². The summed E-state index contributed by atoms with van der Waals surface area (Å²) in [6, 6.07) is 0.571. The van der Waals surface area contributed by atoms with Crippen molar-refractivity contribution in [3.63, 3.8) is 0 Å². The lowest BCUT2D eigenvalue weighted by molar-refractivity contribution is -0.0359. The van der Waals surface area contributed by atoms with Crippen LogP contribution in [-0.2, 0) is 4.74 Å². The van der Waals surface area contributed by atoms with Crippen molar-refractivity contribution in [3.05, 3.63) is 0 Å². The van der Waals surface area contributed by atoms with E-state index in [1.165, 1.54) is 12.8 Å². The molecule has 0 radical (unpaired) electrons. The molecule has 0 aromatic heterocycles. The zero-order valence-corrected chi connectivity index (χ0v) is 14.4. The first-order valence-electron chi connectivity index (χ1n) is 8.84. The van der Waals surface area contributed by atoms with Crippen LogP contribution in [0.4, 0.5) is 0 Å². The van der Waals surface area contributed by atoms with E-state index in [0.29, 0.717) is 6.04 Å². The quantitative estimate of drug-likeness (QED) is 0.575. The second kappa shape index (κ2) is 10.5. The molecular formula is C17H36N2O2. The van der Waals surface area contributed by atoms with Crippen LogP contribution >= 0.6 is 0 Å². The van der Waals surface area contributed by atoms with Gasteiger partial charge in [-0.1, -0.05) is 20.8 Å². The second-order valence-corrected chi connectivity index (χ2v) is 6.50. The number of aliphatic hydroxyl groups is 1. The van der Waals surface area contributed by atoms with Crippen LogP contribution in [0.2, 0.25) is 0 Å². The van der Waals surface area contributed by atoms with Crippen molar-refractivity contribution < 1.29 is 9.84 Å². The molecule has 0 aliphatic carbocycles. The molecule has 1 heterocycles. The Balaban J connectivity index is 2.70. The molecule has 4 nitrogen and oxygen atoms in total. The minimum Gasteiger partial charge on any atom is -0.395 e. The number of aliphatic hydroxyl groups excluding tert-OH is 1. The zero-order valence-electron chi connectivity index (χ0n) is 14.4. The predicted molar refractivity (Wildman–Crippen MR) is 88.7 cm³/mol. The zero-order chi connectivity index (χ0) is 15.6. The van der Waals surface area contributed by atoms with Gasteiger partial charge in [0.1, 0.15) is 0 Å². The minimum absolute atomic E-state index is 0.213. The Hall–Kier alpha value is -0.160. The highest BCUT2D eigenvalue weighted by Crippen LogP contribution is 2.30. The van der Waals surface area contributed by atoms with Crippen molar-refractivity contribution in [1.29, 1.82) is 0 Å². The van der Waals surface area contributed by atoms with E-state index < -0.39 is 0 Å². The van der Waals surface area contributed by atoms with Crippen molar-refractivity contribution in [1.82, 2.24) is 10.2 Å². The van der Waals surface area contributed by atoms with E-state index in [2.05, 4.69) is 31.0 Å². The van der Waals surface area contributed by atoms with E-state index in [4.69, 9.17) is 4.74 Å². The highest BCUT2D eigenvalue weighted by molar-refractivity contribution is 4.89. The maximum atomic E-state index is 9.42. The summed E-state index contributed by atoms with van der Waals surface area (Å²) in [7, 11) is 0. The van der Waals surface area contributed by atoms with Gasteiger partial charge in [-0.2, -0.15) is 0 Å². The van der Waals surface area contributed by atoms with Crippen LogP contribution in [-0.4, -0.2) is 62.0 Å². The Labute approximate surface area is 131 Å². The fourth-order valence-electron chi connectivity index (χ4n) is 3.52. The average molecular weight is 300 g/mol. The first kappa shape index (κ1) is 18.9. The number of hydrogen-bond acceptors (Lipinski definition) is 4. The summed E-state index contributed by atoms with van der Waals surface area (Å²) in [4.78, 5) is 2.49. The van der Waals surface area contributed by atoms with Gasteiger partial charge in [-0.05, 0) is 38.6 Å². The molecule has 1 rings (SSSR count). The van der Waals surface area contributed by atoms with Crippen molar-refractivity contribution in [2.45, 2.75) is 58.9 Å². The Kier molecular flexibility index (Phi) is 9.49. The van der Waals surface area contributed by atoms with E-state index in [1.54, 1.807) is 0 Å². The molecule has 21 heavy (non-hydrogen) atoms. The molecule has 0 saturated carbocycles. The summed E-state index contributed by atoms with van der Waals surface area (Å²) in [5.41, 5.74) is 0.213. The molecule has 0 aromatic carbocycles. The molecule has 126 valence electrons. The van der Waals surface area contributed by atoms with Crippen molar-refractivity contribution >= 4 is 0 Å². The van der Waals surface area contributed by atoms with Crippen molar-refractivity contribution in [2.75, 3.05) is 46.0 Å². The smallest absolute Gasteiger partial charge is 0.0558 e. The summed E-state index contributed by atoms with van der Waals surface area (Å²) in [6.45, 7) is 12.6. The summed E-state index contributed by atoms with van der Waals surface area (Å²) in [5.74, 6) is 0. The Bertz CT molecular complexity index is 251. The Morgan fingerprint density at radius 2 is 2.05 bits per heavy atom. The van der Waals surface area contributed by atoms with E-state index in [0.717, 1.165) is 58.7 Å². The van der Waals surface area contributed by atoms with E-state index in [9.17, 15) is 5.11 Å². The first-order chi connectivity index (χ1) is 10.2. The molecule has 0 bridgehead atoms. The third-order valence-electron chi connectivity index (χ3n) is 4.72. The molecule has 1 fully saturated rings. The summed E-state index contributed by atoms with van der Waals surface area (Å²) in [6.07, 6.45) is 5.85. The molecule has 4 heteroatoms. The van der Waals surface area contributed by atoms with E-state index in [-0.39, 0.29) is 12.0 Å². The number of rotatable bonds is 11. The molecule has 1 aliphatic rings. The van der Waals surface area contributed by atoms with Gasteiger partial charge in [0.2, 0.25) is 0 Å². The number of ether oxygens (including phenoxy) is 1. The van der Waals surface area contributed by atoms with Gasteiger partial charge in [0.25, 0.3) is 0 Å². The lowest BCUT2D eigenvalue weighted by Crippen LogP contribution is -2.52. The minimum atomic E-state index is 0.213. The SMILES string of the molecule is CCCNCC1(CN(CCO)C(CC)CC)CCCOC1. The monoisotopic (exact) mass is 300 g/mol. The number of nitrogens with one attached hydrogen (secondary N) is 1. The molecule has 1 aliphatic heterocycles. The van der Waals surface area contributed by atoms with E-state index >= 15 is 0 Å². The summed E-state index contributed by atoms with van der Waals surface area (Å²) >= 11 is 0. The summed E-state index contributed by atoms with van der Waals surface area (Å²) in [5, 5.41) is 13.0. The number of hydrogen-bond donors (Lipinski definition) is 2. The molecule has 0 amide bonds. The molecule has 1 atom stereocenters. The lowest BCUT2D eigenvalue weighted by Gasteiger charge is -2.43. The molecule has 1 saturated heterocycles. The van der Waals surface area contributed by atoms with Crippen molar-refractivity contribution in [3.8, 4) is 0 Å². The molecule has 1 unspecified atom stereocenters. The standard InChI is InChI=1S/C17H36N2O2/c1-4-9-18-13-17(8-7-12-21-15-17)14-19(10-11-20)16(5-2)6-3/h16,18,20H,4-15H2,1-3H3. The first-order valence-corrected chi connectivity index (χ1v) is 8.84. The second-order valence-electron chi connectivity index (χ2n) is 6.50. The highest BCUT2D eigenvalue weighted by Gasteiger charge is 2.35. The van der Waals surface area contributed by atoms with Gasteiger partial charge in [0, 0.05) is 37.7 Å². The fourth-order valence-corrected chi connectivity index (χ4v) is 3.52. The van der Waals surface area contributed by atoms with Crippen molar-refractivity contribution in [2.24, 2.45) is 5.41 Å². The van der Waals surface area contributed by atoms with Crippen LogP contribution < -0.4 is 5.32 Å². The van der Waals surface area contributed by atoms with Gasteiger partial charge in [-0.15, -0.1) is 0 Å². The highest BCUT2D eigenvalue weighted by atomic mass is 16.5. The van der Waals surface area contributed by atoms with Crippen LogP contribution in [0.25, 0.3) is 0 Å². The van der Waals surface area contributed by atoms with Crippen LogP contribution in [0.15, 0.2) is 0 Å². The number of nitrogens with zero attached hydrogens (tertiary/aromatic N) is 1. The van der Waals surface area contributed by atoms with Gasteiger partial charge < -0.3 is 15.2 Å². The van der Waals surface area contributed by atoms with Crippen LogP contribution in [0.3, 0.4) is 0 Å². The fraction of sp³-hybridized carbons (Fsp3) is 1.00. The third-order valence-corrected chi connectivity index (χ3v) is 4.72. The van der Waals surface area contributed by atoms with Crippen LogP contribution in [0, 0.1) is 5.41 Å². The Morgan fingerprint density at radius 1 is 1.29 bits per heavy atom. The average Bonchev–Trinajstić information content (AvgIpc) is 2.50. The maximum Gasteiger partial charge on any atom is 0.0558 e. The van der Waals surface area contributed by atoms with Gasteiger partial charge in [-0.25, -0.2) is 0 Å². The molecular weight excluding hydrogens is 264 g/mol.